The van der Waals surface area contributed by atoms with E-state index >= 15 is 0 Å². The van der Waals surface area contributed by atoms with Gasteiger partial charge in [-0.2, -0.15) is 13.2 Å². The number of alkyl halides is 3. The molecule has 2 atom stereocenters. The zero-order chi connectivity index (χ0) is 15.1. The number of ether oxygens (including phenoxy) is 2. The molecule has 0 spiro atoms. The molecule has 0 fully saturated rings. The van der Waals surface area contributed by atoms with Crippen molar-refractivity contribution in [2.75, 3.05) is 13.2 Å². The molecule has 0 aromatic carbocycles. The van der Waals surface area contributed by atoms with Crippen molar-refractivity contribution in [1.29, 1.82) is 0 Å². The Labute approximate surface area is 108 Å². The van der Waals surface area contributed by atoms with E-state index in [0.717, 1.165) is 6.92 Å². The maximum Gasteiger partial charge on any atom is 0.408 e. The van der Waals surface area contributed by atoms with E-state index in [0.29, 0.717) is 0 Å². The Morgan fingerprint density at radius 3 is 2.37 bits per heavy atom. The summed E-state index contributed by atoms with van der Waals surface area (Å²) >= 11 is 0. The number of esters is 1. The van der Waals surface area contributed by atoms with Gasteiger partial charge in [0.1, 0.15) is 12.6 Å². The van der Waals surface area contributed by atoms with Gasteiger partial charge in [-0.3, -0.25) is 0 Å². The average molecular weight is 283 g/mol. The highest BCUT2D eigenvalue weighted by atomic mass is 19.4. The van der Waals surface area contributed by atoms with E-state index in [4.69, 9.17) is 0 Å². The Hall–Kier alpha value is -1.73. The molecule has 5 nitrogen and oxygen atoms in total. The molecule has 1 amide bonds. The highest BCUT2D eigenvalue weighted by Gasteiger charge is 2.45. The number of halogens is 3. The van der Waals surface area contributed by atoms with E-state index in [2.05, 4.69) is 16.1 Å². The number of alkyl carbamates (subject to hydrolysis) is 1. The van der Waals surface area contributed by atoms with Gasteiger partial charge < -0.3 is 14.8 Å². The van der Waals surface area contributed by atoms with E-state index in [1.54, 1.807) is 0 Å². The second kappa shape index (κ2) is 7.65. The van der Waals surface area contributed by atoms with Crippen molar-refractivity contribution in [1.82, 2.24) is 5.32 Å². The smallest absolute Gasteiger partial charge is 0.408 e. The lowest BCUT2D eigenvalue weighted by Crippen LogP contribution is -2.50. The topological polar surface area (TPSA) is 64.6 Å². The molecule has 0 aliphatic rings. The summed E-state index contributed by atoms with van der Waals surface area (Å²) in [6, 6.07) is -1.85. The monoisotopic (exact) mass is 283 g/mol. The Morgan fingerprint density at radius 1 is 1.37 bits per heavy atom. The van der Waals surface area contributed by atoms with Crippen LogP contribution < -0.4 is 5.32 Å². The fourth-order valence-corrected chi connectivity index (χ4v) is 1.11. The van der Waals surface area contributed by atoms with Gasteiger partial charge in [0, 0.05) is 0 Å². The van der Waals surface area contributed by atoms with Crippen molar-refractivity contribution < 1.29 is 32.2 Å². The van der Waals surface area contributed by atoms with Gasteiger partial charge in [-0.1, -0.05) is 19.6 Å². The summed E-state index contributed by atoms with van der Waals surface area (Å²) < 4.78 is 46.7. The van der Waals surface area contributed by atoms with Crippen molar-refractivity contribution in [2.45, 2.75) is 26.1 Å². The second-order valence-electron chi connectivity index (χ2n) is 3.59. The molecule has 0 bridgehead atoms. The average Bonchev–Trinajstić information content (AvgIpc) is 2.31. The fraction of sp³-hybridized carbons (Fsp3) is 0.636. The van der Waals surface area contributed by atoms with Gasteiger partial charge in [0.15, 0.2) is 0 Å². The Bertz CT molecular complexity index is 330. The summed E-state index contributed by atoms with van der Waals surface area (Å²) in [6.07, 6.45) is -4.55. The number of hydrogen-bond donors (Lipinski definition) is 1. The molecule has 1 N–H and O–H groups in total. The lowest BCUT2D eigenvalue weighted by molar-refractivity contribution is -0.186. The predicted octanol–water partition coefficient (Wildman–Crippen LogP) is 2.03. The normalized spacial score (nSPS) is 14.2. The third-order valence-corrected chi connectivity index (χ3v) is 2.16. The maximum absolute atomic E-state index is 12.6. The zero-order valence-corrected chi connectivity index (χ0v) is 10.6. The lowest BCUT2D eigenvalue weighted by Gasteiger charge is -2.24. The third kappa shape index (κ3) is 6.12. The van der Waals surface area contributed by atoms with Crippen LogP contribution in [-0.2, 0) is 14.3 Å². The minimum absolute atomic E-state index is 0.0940. The van der Waals surface area contributed by atoms with Crippen LogP contribution in [0.5, 0.6) is 0 Å². The molecule has 0 heterocycles. The molecule has 0 saturated carbocycles. The van der Waals surface area contributed by atoms with Crippen LogP contribution in [0.25, 0.3) is 0 Å². The highest BCUT2D eigenvalue weighted by Crippen LogP contribution is 2.29. The van der Waals surface area contributed by atoms with Gasteiger partial charge in [-0.15, -0.1) is 0 Å². The highest BCUT2D eigenvalue weighted by molar-refractivity contribution is 5.81. The predicted molar refractivity (Wildman–Crippen MR) is 60.3 cm³/mol. The molecule has 0 aliphatic carbocycles. The molecule has 0 radical (unpaired) electrons. The van der Waals surface area contributed by atoms with E-state index in [1.807, 2.05) is 5.32 Å². The molecule has 0 aliphatic heterocycles. The zero-order valence-electron chi connectivity index (χ0n) is 10.6. The van der Waals surface area contributed by atoms with Gasteiger partial charge in [0.25, 0.3) is 0 Å². The van der Waals surface area contributed by atoms with E-state index in [-0.39, 0.29) is 13.2 Å². The first-order chi connectivity index (χ1) is 8.73. The third-order valence-electron chi connectivity index (χ3n) is 2.16. The van der Waals surface area contributed by atoms with Gasteiger partial charge in [-0.05, 0) is 6.92 Å². The first kappa shape index (κ1) is 17.3. The summed E-state index contributed by atoms with van der Waals surface area (Å²) in [5.74, 6) is -3.26. The molecule has 0 aromatic rings. The number of carbonyl (C=O) groups is 2. The van der Waals surface area contributed by atoms with Crippen LogP contribution in [0, 0.1) is 5.92 Å². The van der Waals surface area contributed by atoms with Crippen LogP contribution in [0.3, 0.4) is 0 Å². The number of hydrogen-bond acceptors (Lipinski definition) is 4. The van der Waals surface area contributed by atoms with Gasteiger partial charge in [0.2, 0.25) is 0 Å². The van der Waals surface area contributed by atoms with Crippen molar-refractivity contribution >= 4 is 12.1 Å². The number of nitrogens with one attached hydrogen (secondary N) is 1. The molecular formula is C11H16F3NO4. The minimum Gasteiger partial charge on any atom is -0.464 e. The largest absolute Gasteiger partial charge is 0.464 e. The summed E-state index contributed by atoms with van der Waals surface area (Å²) in [4.78, 5) is 22.6. The van der Waals surface area contributed by atoms with Crippen LogP contribution in [0.2, 0.25) is 0 Å². The first-order valence-electron chi connectivity index (χ1n) is 5.51. The molecule has 19 heavy (non-hydrogen) atoms. The van der Waals surface area contributed by atoms with E-state index < -0.39 is 30.2 Å². The van der Waals surface area contributed by atoms with E-state index in [1.165, 1.54) is 13.0 Å². The Morgan fingerprint density at radius 2 is 1.95 bits per heavy atom. The van der Waals surface area contributed by atoms with Crippen LogP contribution in [0.1, 0.15) is 13.8 Å². The molecule has 8 heteroatoms. The summed E-state index contributed by atoms with van der Waals surface area (Å²) in [6.45, 7) is 5.22. The van der Waals surface area contributed by atoms with Crippen molar-refractivity contribution in [2.24, 2.45) is 5.92 Å². The Kier molecular flexibility index (Phi) is 6.95. The fourth-order valence-electron chi connectivity index (χ4n) is 1.11. The SMILES string of the molecule is C=CCOC(=O)N[C@H](C(=O)OCC)C(C)C(F)(F)F. The minimum atomic E-state index is -4.65. The van der Waals surface area contributed by atoms with Crippen molar-refractivity contribution in [3.05, 3.63) is 12.7 Å². The summed E-state index contributed by atoms with van der Waals surface area (Å²) in [5, 5.41) is 1.84. The van der Waals surface area contributed by atoms with Crippen LogP contribution in [0.4, 0.5) is 18.0 Å². The second-order valence-corrected chi connectivity index (χ2v) is 3.59. The van der Waals surface area contributed by atoms with E-state index in [9.17, 15) is 22.8 Å². The molecular weight excluding hydrogens is 267 g/mol. The molecule has 0 saturated heterocycles. The van der Waals surface area contributed by atoms with Crippen molar-refractivity contribution in [3.8, 4) is 0 Å². The first-order valence-corrected chi connectivity index (χ1v) is 5.51. The quantitative estimate of drug-likeness (QED) is 0.598. The molecule has 110 valence electrons. The number of carbonyl (C=O) groups excluding carboxylic acids is 2. The van der Waals surface area contributed by atoms with Crippen LogP contribution >= 0.6 is 0 Å². The summed E-state index contributed by atoms with van der Waals surface area (Å²) in [7, 11) is 0. The molecule has 0 aromatic heterocycles. The number of amides is 1. The maximum atomic E-state index is 12.6. The lowest BCUT2D eigenvalue weighted by atomic mass is 10.0. The summed E-state index contributed by atoms with van der Waals surface area (Å²) in [5.41, 5.74) is 0. The van der Waals surface area contributed by atoms with Gasteiger partial charge >= 0.3 is 18.2 Å². The van der Waals surface area contributed by atoms with Gasteiger partial charge in [-0.25, -0.2) is 9.59 Å². The standard InChI is InChI=1S/C11H16F3NO4/c1-4-6-19-10(17)15-8(9(16)18-5-2)7(3)11(12,13)14/h4,7-8H,1,5-6H2,2-3H3,(H,15,17)/t7?,8-/m0/s1. The van der Waals surface area contributed by atoms with Crippen LogP contribution in [0.15, 0.2) is 12.7 Å². The number of rotatable bonds is 6. The van der Waals surface area contributed by atoms with Gasteiger partial charge in [0.05, 0.1) is 12.5 Å². The van der Waals surface area contributed by atoms with Crippen LogP contribution in [-0.4, -0.2) is 37.5 Å². The van der Waals surface area contributed by atoms with Crippen molar-refractivity contribution in [3.63, 3.8) is 0 Å². The Balaban J connectivity index is 4.82. The molecule has 0 rings (SSSR count). The molecule has 1 unspecified atom stereocenters.